The third-order valence-corrected chi connectivity index (χ3v) is 3.03. The van der Waals surface area contributed by atoms with Crippen molar-refractivity contribution < 1.29 is 0 Å². The van der Waals surface area contributed by atoms with Crippen LogP contribution in [-0.2, 0) is 0 Å². The average Bonchev–Trinajstić information content (AvgIpc) is 2.33. The minimum atomic E-state index is 0. The fourth-order valence-electron chi connectivity index (χ4n) is 2.02. The number of rotatable bonds is 1. The molecule has 1 aromatic rings. The molecule has 0 radical (unpaired) electrons. The summed E-state index contributed by atoms with van der Waals surface area (Å²) in [4.78, 5) is 2.11. The number of benzene rings is 1. The number of anilines is 2. The summed E-state index contributed by atoms with van der Waals surface area (Å²) in [5.41, 5.74) is 13.4. The molecule has 1 aliphatic rings. The maximum absolute atomic E-state index is 8.12. The predicted molar refractivity (Wildman–Crippen MR) is 74.8 cm³/mol. The van der Waals surface area contributed by atoms with E-state index in [0.717, 1.165) is 18.7 Å². The molecule has 0 unspecified atom stereocenters. The van der Waals surface area contributed by atoms with E-state index in [1.54, 1.807) is 12.1 Å². The summed E-state index contributed by atoms with van der Waals surface area (Å²) in [6, 6.07) is 5.41. The fourth-order valence-corrected chi connectivity index (χ4v) is 2.02. The largest absolute Gasteiger partial charge is 0.397 e. The van der Waals surface area contributed by atoms with Crippen LogP contribution in [0.15, 0.2) is 18.2 Å². The molecule has 0 bridgehead atoms. The molecule has 1 heterocycles. The van der Waals surface area contributed by atoms with Gasteiger partial charge in [0.1, 0.15) is 5.84 Å². The zero-order valence-electron chi connectivity index (χ0n) is 9.78. The molecule has 1 saturated heterocycles. The Balaban J connectivity index is 0.00000144. The molecular formula is C12H19ClN4. The molecule has 1 aromatic carbocycles. The molecule has 1 fully saturated rings. The molecule has 5 N–H and O–H groups in total. The van der Waals surface area contributed by atoms with Gasteiger partial charge in [0.2, 0.25) is 0 Å². The van der Waals surface area contributed by atoms with Gasteiger partial charge in [0.15, 0.2) is 0 Å². The van der Waals surface area contributed by atoms with E-state index in [9.17, 15) is 0 Å². The Morgan fingerprint density at radius 1 is 1.06 bits per heavy atom. The Labute approximate surface area is 108 Å². The summed E-state index contributed by atoms with van der Waals surface area (Å²) in [7, 11) is 0. The maximum Gasteiger partial charge on any atom is 0.128 e. The summed E-state index contributed by atoms with van der Waals surface area (Å²) in [5.74, 6) is 0.561. The molecule has 0 spiro atoms. The molecule has 0 saturated carbocycles. The number of nitrogens with zero attached hydrogens (tertiary/aromatic N) is 1. The van der Waals surface area contributed by atoms with Crippen LogP contribution in [0.5, 0.6) is 0 Å². The first-order valence-electron chi connectivity index (χ1n) is 5.67. The number of nitrogens with two attached hydrogens (primary N) is 2. The lowest BCUT2D eigenvalue weighted by molar-refractivity contribution is 0.341. The average molecular weight is 255 g/mol. The zero-order chi connectivity index (χ0) is 11.5. The first-order chi connectivity index (χ1) is 7.68. The van der Waals surface area contributed by atoms with E-state index < -0.39 is 0 Å². The Morgan fingerprint density at radius 3 is 2.29 bits per heavy atom. The molecule has 0 aliphatic carbocycles. The van der Waals surface area contributed by atoms with Crippen molar-refractivity contribution in [2.75, 3.05) is 24.6 Å². The number of hydrogen-bond acceptors (Lipinski definition) is 3. The number of amidine groups is 1. The third-order valence-electron chi connectivity index (χ3n) is 3.03. The van der Waals surface area contributed by atoms with E-state index in [-0.39, 0.29) is 12.4 Å². The van der Waals surface area contributed by atoms with Crippen molar-refractivity contribution >= 4 is 29.6 Å². The highest BCUT2D eigenvalue weighted by Gasteiger charge is 2.15. The Hall–Kier alpha value is -1.42. The van der Waals surface area contributed by atoms with Gasteiger partial charge in [-0.2, -0.15) is 0 Å². The quantitative estimate of drug-likeness (QED) is 0.408. The number of nitrogen functional groups attached to an aromatic ring is 2. The highest BCUT2D eigenvalue weighted by atomic mass is 35.5. The van der Waals surface area contributed by atoms with Crippen LogP contribution >= 0.6 is 12.4 Å². The predicted octanol–water partition coefficient (Wildman–Crippen LogP) is 2.08. The van der Waals surface area contributed by atoms with Crippen LogP contribution in [0, 0.1) is 5.41 Å². The lowest BCUT2D eigenvalue weighted by atomic mass is 10.1. The lowest BCUT2D eigenvalue weighted by Gasteiger charge is -2.29. The van der Waals surface area contributed by atoms with Crippen LogP contribution in [0.4, 0.5) is 11.4 Å². The van der Waals surface area contributed by atoms with Gasteiger partial charge in [-0.05, 0) is 37.5 Å². The molecule has 1 aliphatic heterocycles. The van der Waals surface area contributed by atoms with E-state index in [0.29, 0.717) is 17.2 Å². The highest BCUT2D eigenvalue weighted by Crippen LogP contribution is 2.19. The van der Waals surface area contributed by atoms with E-state index in [2.05, 4.69) is 4.90 Å². The molecule has 17 heavy (non-hydrogen) atoms. The summed E-state index contributed by atoms with van der Waals surface area (Å²) < 4.78 is 0. The summed E-state index contributed by atoms with van der Waals surface area (Å²) in [6.45, 7) is 1.95. The molecule has 4 nitrogen and oxygen atoms in total. The Kier molecular flexibility index (Phi) is 4.63. The molecule has 5 heteroatoms. The van der Waals surface area contributed by atoms with E-state index in [1.807, 2.05) is 6.07 Å². The van der Waals surface area contributed by atoms with Crippen LogP contribution in [-0.4, -0.2) is 23.8 Å². The smallest absolute Gasteiger partial charge is 0.128 e. The topological polar surface area (TPSA) is 79.1 Å². The first kappa shape index (κ1) is 13.6. The van der Waals surface area contributed by atoms with E-state index in [4.69, 9.17) is 16.9 Å². The van der Waals surface area contributed by atoms with E-state index >= 15 is 0 Å². The standard InChI is InChI=1S/C12H18N4.ClH/c13-10-5-4-9(8-11(10)14)12(15)16-6-2-1-3-7-16;/h4-5,8,15H,1-3,6-7,13-14H2;1H. The summed E-state index contributed by atoms with van der Waals surface area (Å²) >= 11 is 0. The number of piperidine rings is 1. The number of halogens is 1. The maximum atomic E-state index is 8.12. The van der Waals surface area contributed by atoms with Crippen LogP contribution in [0.2, 0.25) is 0 Å². The summed E-state index contributed by atoms with van der Waals surface area (Å²) in [5, 5.41) is 8.12. The van der Waals surface area contributed by atoms with Gasteiger partial charge in [0, 0.05) is 18.7 Å². The molecule has 0 atom stereocenters. The third kappa shape index (κ3) is 3.03. The van der Waals surface area contributed by atoms with Crippen molar-refractivity contribution in [2.45, 2.75) is 19.3 Å². The Bertz CT molecular complexity index is 399. The van der Waals surface area contributed by atoms with Gasteiger partial charge in [-0.25, -0.2) is 0 Å². The molecule has 0 amide bonds. The monoisotopic (exact) mass is 254 g/mol. The molecular weight excluding hydrogens is 236 g/mol. The second-order valence-electron chi connectivity index (χ2n) is 4.24. The van der Waals surface area contributed by atoms with Gasteiger partial charge >= 0.3 is 0 Å². The number of nitrogens with one attached hydrogen (secondary N) is 1. The van der Waals surface area contributed by atoms with Crippen LogP contribution in [0.1, 0.15) is 24.8 Å². The van der Waals surface area contributed by atoms with Crippen molar-refractivity contribution in [3.05, 3.63) is 23.8 Å². The molecule has 0 aromatic heterocycles. The van der Waals surface area contributed by atoms with Crippen molar-refractivity contribution in [2.24, 2.45) is 0 Å². The van der Waals surface area contributed by atoms with E-state index in [1.165, 1.54) is 19.3 Å². The minimum absolute atomic E-state index is 0. The highest BCUT2D eigenvalue weighted by molar-refractivity contribution is 5.98. The van der Waals surface area contributed by atoms with Crippen LogP contribution in [0.3, 0.4) is 0 Å². The second-order valence-corrected chi connectivity index (χ2v) is 4.24. The Morgan fingerprint density at radius 2 is 1.71 bits per heavy atom. The number of hydrogen-bond donors (Lipinski definition) is 3. The fraction of sp³-hybridized carbons (Fsp3) is 0.417. The van der Waals surface area contributed by atoms with Crippen LogP contribution in [0.25, 0.3) is 0 Å². The van der Waals surface area contributed by atoms with Crippen LogP contribution < -0.4 is 11.5 Å². The van der Waals surface area contributed by atoms with Gasteiger partial charge in [-0.1, -0.05) is 0 Å². The van der Waals surface area contributed by atoms with Crippen molar-refractivity contribution in [1.29, 1.82) is 5.41 Å². The van der Waals surface area contributed by atoms with Gasteiger partial charge in [0.25, 0.3) is 0 Å². The second kappa shape index (κ2) is 5.77. The van der Waals surface area contributed by atoms with Crippen molar-refractivity contribution in [1.82, 2.24) is 4.90 Å². The van der Waals surface area contributed by atoms with Gasteiger partial charge in [0.05, 0.1) is 11.4 Å². The zero-order valence-corrected chi connectivity index (χ0v) is 10.6. The van der Waals surface area contributed by atoms with Gasteiger partial charge in [-0.15, -0.1) is 12.4 Å². The molecule has 94 valence electrons. The van der Waals surface area contributed by atoms with Gasteiger partial charge < -0.3 is 16.4 Å². The SMILES string of the molecule is Cl.N=C(c1ccc(N)c(N)c1)N1CCCCC1. The normalized spacial score (nSPS) is 15.2. The van der Waals surface area contributed by atoms with Gasteiger partial charge in [-0.3, -0.25) is 5.41 Å². The lowest BCUT2D eigenvalue weighted by Crippen LogP contribution is -2.35. The summed E-state index contributed by atoms with van der Waals surface area (Å²) in [6.07, 6.45) is 3.62. The van der Waals surface area contributed by atoms with Crippen molar-refractivity contribution in [3.63, 3.8) is 0 Å². The first-order valence-corrected chi connectivity index (χ1v) is 5.67. The van der Waals surface area contributed by atoms with Crippen molar-refractivity contribution in [3.8, 4) is 0 Å². The number of likely N-dealkylation sites (tertiary alicyclic amines) is 1. The minimum Gasteiger partial charge on any atom is -0.397 e. The molecule has 2 rings (SSSR count).